The van der Waals surface area contributed by atoms with E-state index in [4.69, 9.17) is 0 Å². The maximum atomic E-state index is 14.0. The van der Waals surface area contributed by atoms with Gasteiger partial charge in [0.15, 0.2) is 12.4 Å². The number of halogens is 10. The van der Waals surface area contributed by atoms with E-state index in [1.807, 2.05) is 0 Å². The lowest BCUT2D eigenvalue weighted by Crippen LogP contribution is -2.53. The Morgan fingerprint density at radius 1 is 0.979 bits per heavy atom. The monoisotopic (exact) mass is 697 g/mol. The van der Waals surface area contributed by atoms with Gasteiger partial charge in [0.1, 0.15) is 17.3 Å². The van der Waals surface area contributed by atoms with E-state index in [1.165, 1.54) is 6.08 Å². The maximum Gasteiger partial charge on any atom is 0.573 e. The second-order valence-electron chi connectivity index (χ2n) is 10.1. The van der Waals surface area contributed by atoms with Gasteiger partial charge in [0.05, 0.1) is 18.2 Å². The van der Waals surface area contributed by atoms with E-state index in [1.54, 1.807) is 0 Å². The summed E-state index contributed by atoms with van der Waals surface area (Å²) in [6.45, 7) is -0.580. The molecule has 1 aliphatic rings. The van der Waals surface area contributed by atoms with E-state index in [0.29, 0.717) is 12.1 Å². The van der Waals surface area contributed by atoms with Crippen molar-refractivity contribution in [2.75, 3.05) is 7.11 Å². The molecule has 0 spiro atoms. The average Bonchev–Trinajstić information content (AvgIpc) is 3.41. The smallest absolute Gasteiger partial charge is 0.468 e. The molecule has 1 amide bonds. The van der Waals surface area contributed by atoms with Gasteiger partial charge in [0.2, 0.25) is 0 Å². The van der Waals surface area contributed by atoms with Crippen molar-refractivity contribution in [1.82, 2.24) is 25.5 Å². The lowest BCUT2D eigenvalue weighted by molar-refractivity contribution is -0.307. The molecule has 10 nitrogen and oxygen atoms in total. The molecule has 258 valence electrons. The van der Waals surface area contributed by atoms with Crippen LogP contribution in [0.2, 0.25) is 0 Å². The normalized spacial score (nSPS) is 16.5. The van der Waals surface area contributed by atoms with E-state index in [2.05, 4.69) is 34.9 Å². The lowest BCUT2D eigenvalue weighted by atomic mass is 9.72. The number of ether oxygens (including phenoxy) is 3. The van der Waals surface area contributed by atoms with Crippen molar-refractivity contribution in [3.63, 3.8) is 0 Å². The minimum atomic E-state index is -5.25. The standard InChI is InChI=1S/C28H21F10N5O5/c1-46-23(44)14-43-41-22(40-42-43)13-25(16-4-2-6-18(11-16)47-27(33,34)35,17-5-3-7-19(12-17)48-28(36,37)38)39-24(45)15-8-9-21(29)20(10-15)26(30,31)32/h2-11,17H,12-14H2,1H3,(H,39,45). The first-order chi connectivity index (χ1) is 22.3. The lowest BCUT2D eigenvalue weighted by Gasteiger charge is -2.41. The Morgan fingerprint density at radius 3 is 2.33 bits per heavy atom. The third-order valence-corrected chi connectivity index (χ3v) is 6.81. The number of tetrazole rings is 1. The molecule has 0 saturated carbocycles. The number of methoxy groups -OCH3 is 1. The molecule has 0 bridgehead atoms. The van der Waals surface area contributed by atoms with Gasteiger partial charge in [-0.2, -0.15) is 18.0 Å². The van der Waals surface area contributed by atoms with Gasteiger partial charge in [-0.05, 0) is 47.2 Å². The van der Waals surface area contributed by atoms with Crippen molar-refractivity contribution < 1.29 is 67.7 Å². The Balaban J connectivity index is 1.91. The first kappa shape index (κ1) is 35.7. The van der Waals surface area contributed by atoms with Crippen LogP contribution in [0.5, 0.6) is 5.75 Å². The number of hydrogen-bond donors (Lipinski definition) is 1. The second kappa shape index (κ2) is 13.5. The third-order valence-electron chi connectivity index (χ3n) is 6.81. The Hall–Kier alpha value is -5.17. The Kier molecular flexibility index (Phi) is 10.0. The van der Waals surface area contributed by atoms with Crippen LogP contribution >= 0.6 is 0 Å². The van der Waals surface area contributed by atoms with Crippen LogP contribution in [0.15, 0.2) is 66.5 Å². The molecule has 2 aromatic carbocycles. The zero-order chi connectivity index (χ0) is 35.5. The van der Waals surface area contributed by atoms with Crippen molar-refractivity contribution in [3.05, 3.63) is 94.8 Å². The van der Waals surface area contributed by atoms with Crippen LogP contribution in [0.25, 0.3) is 0 Å². The number of alkyl halides is 9. The van der Waals surface area contributed by atoms with E-state index in [-0.39, 0.29) is 17.5 Å². The number of aromatic nitrogens is 4. The van der Waals surface area contributed by atoms with Crippen LogP contribution < -0.4 is 10.1 Å². The number of carbonyl (C=O) groups is 2. The summed E-state index contributed by atoms with van der Waals surface area (Å²) in [7, 11) is 1.06. The molecule has 2 unspecified atom stereocenters. The van der Waals surface area contributed by atoms with Crippen LogP contribution in [0.4, 0.5) is 43.9 Å². The number of allylic oxidation sites excluding steroid dienone is 3. The zero-order valence-electron chi connectivity index (χ0n) is 24.1. The van der Waals surface area contributed by atoms with Gasteiger partial charge in [-0.3, -0.25) is 4.79 Å². The molecule has 4 rings (SSSR count). The van der Waals surface area contributed by atoms with Gasteiger partial charge in [-0.15, -0.1) is 36.5 Å². The summed E-state index contributed by atoms with van der Waals surface area (Å²) in [4.78, 5) is 26.2. The predicted octanol–water partition coefficient (Wildman–Crippen LogP) is 5.77. The molecule has 1 heterocycles. The summed E-state index contributed by atoms with van der Waals surface area (Å²) in [6, 6.07) is 5.09. The maximum absolute atomic E-state index is 14.0. The fourth-order valence-electron chi connectivity index (χ4n) is 4.84. The van der Waals surface area contributed by atoms with Gasteiger partial charge in [0, 0.05) is 24.3 Å². The van der Waals surface area contributed by atoms with Crippen molar-refractivity contribution in [1.29, 1.82) is 0 Å². The number of esters is 1. The molecule has 0 fully saturated rings. The van der Waals surface area contributed by atoms with Crippen molar-refractivity contribution in [3.8, 4) is 5.75 Å². The van der Waals surface area contributed by atoms with Crippen LogP contribution in [0.3, 0.4) is 0 Å². The van der Waals surface area contributed by atoms with Gasteiger partial charge < -0.3 is 19.5 Å². The van der Waals surface area contributed by atoms with Gasteiger partial charge in [-0.25, -0.2) is 9.18 Å². The molecule has 1 aliphatic carbocycles. The average molecular weight is 697 g/mol. The molecular formula is C28H21F10N5O5. The number of amides is 1. The summed E-state index contributed by atoms with van der Waals surface area (Å²) in [6.07, 6.45) is -13.8. The minimum Gasteiger partial charge on any atom is -0.468 e. The molecule has 1 N–H and O–H groups in total. The SMILES string of the molecule is COC(=O)Cn1nnc(CC(NC(=O)c2ccc(F)c(C(F)(F)F)c2)(c2cccc(OC(F)(F)F)c2)C2C=CC=C(OC(F)(F)F)C2)n1. The molecule has 1 aromatic heterocycles. The largest absolute Gasteiger partial charge is 0.573 e. The molecule has 2 atom stereocenters. The number of nitrogens with one attached hydrogen (secondary N) is 1. The van der Waals surface area contributed by atoms with Gasteiger partial charge in [-0.1, -0.05) is 24.3 Å². The van der Waals surface area contributed by atoms with Crippen molar-refractivity contribution >= 4 is 11.9 Å². The highest BCUT2D eigenvalue weighted by atomic mass is 19.4. The number of benzene rings is 2. The van der Waals surface area contributed by atoms with Crippen LogP contribution in [-0.4, -0.2) is 51.9 Å². The van der Waals surface area contributed by atoms with Crippen LogP contribution in [0.1, 0.15) is 33.7 Å². The third kappa shape index (κ3) is 9.00. The van der Waals surface area contributed by atoms with Gasteiger partial charge >= 0.3 is 24.9 Å². The Labute approximate surface area is 262 Å². The van der Waals surface area contributed by atoms with E-state index >= 15 is 0 Å². The van der Waals surface area contributed by atoms with Crippen LogP contribution in [-0.2, 0) is 38.9 Å². The highest BCUT2D eigenvalue weighted by Crippen LogP contribution is 2.42. The molecular weight excluding hydrogens is 676 g/mol. The number of hydrogen-bond acceptors (Lipinski definition) is 8. The minimum absolute atomic E-state index is 0.179. The number of nitrogens with zero attached hydrogens (tertiary/aromatic N) is 4. The molecule has 3 aromatic rings. The van der Waals surface area contributed by atoms with E-state index in [9.17, 15) is 53.5 Å². The molecule has 20 heteroatoms. The molecule has 0 saturated heterocycles. The highest BCUT2D eigenvalue weighted by molar-refractivity contribution is 5.95. The quantitative estimate of drug-likeness (QED) is 0.210. The molecule has 0 aliphatic heterocycles. The molecule has 0 radical (unpaired) electrons. The van der Waals surface area contributed by atoms with Gasteiger partial charge in [0.25, 0.3) is 5.91 Å². The second-order valence-corrected chi connectivity index (χ2v) is 10.1. The summed E-state index contributed by atoms with van der Waals surface area (Å²) in [5.74, 6) is -7.17. The topological polar surface area (TPSA) is 117 Å². The summed E-state index contributed by atoms with van der Waals surface area (Å²) in [5, 5.41) is 13.8. The summed E-state index contributed by atoms with van der Waals surface area (Å²) >= 11 is 0. The van der Waals surface area contributed by atoms with Crippen molar-refractivity contribution in [2.45, 2.75) is 43.8 Å². The van der Waals surface area contributed by atoms with E-state index < -0.39 is 90.1 Å². The first-order valence-corrected chi connectivity index (χ1v) is 13.3. The van der Waals surface area contributed by atoms with Crippen LogP contribution in [0, 0.1) is 11.7 Å². The zero-order valence-corrected chi connectivity index (χ0v) is 24.1. The first-order valence-electron chi connectivity index (χ1n) is 13.3. The fourth-order valence-corrected chi connectivity index (χ4v) is 4.84. The summed E-state index contributed by atoms with van der Waals surface area (Å²) in [5.41, 5.74) is -5.09. The molecule has 48 heavy (non-hydrogen) atoms. The number of carbonyl (C=O) groups excluding carboxylic acids is 2. The fraction of sp³-hybridized carbons (Fsp3) is 0.321. The van der Waals surface area contributed by atoms with E-state index in [0.717, 1.165) is 48.3 Å². The predicted molar refractivity (Wildman–Crippen MR) is 140 cm³/mol. The number of rotatable bonds is 10. The summed E-state index contributed by atoms with van der Waals surface area (Å²) < 4.78 is 146. The van der Waals surface area contributed by atoms with Crippen molar-refractivity contribution in [2.24, 2.45) is 5.92 Å². The Bertz CT molecular complexity index is 1720. The Morgan fingerprint density at radius 2 is 1.69 bits per heavy atom. The highest BCUT2D eigenvalue weighted by Gasteiger charge is 2.46.